The monoisotopic (exact) mass is 243 g/mol. The first-order valence-corrected chi connectivity index (χ1v) is 7.20. The summed E-state index contributed by atoms with van der Waals surface area (Å²) in [4.78, 5) is 2.52. The second-order valence-electron chi connectivity index (χ2n) is 5.36. The van der Waals surface area contributed by atoms with Crippen LogP contribution in [0.2, 0.25) is 0 Å². The first kappa shape index (κ1) is 14.9. The Bertz CT molecular complexity index is 179. The third kappa shape index (κ3) is 6.39. The van der Waals surface area contributed by atoms with Crippen LogP contribution in [0.5, 0.6) is 0 Å². The van der Waals surface area contributed by atoms with Gasteiger partial charge < -0.3 is 9.84 Å². The van der Waals surface area contributed by atoms with Crippen molar-refractivity contribution >= 4 is 0 Å². The predicted molar refractivity (Wildman–Crippen MR) is 71.2 cm³/mol. The van der Waals surface area contributed by atoms with Gasteiger partial charge in [0, 0.05) is 25.8 Å². The summed E-state index contributed by atoms with van der Waals surface area (Å²) in [6.45, 7) is 8.01. The Balaban J connectivity index is 2.21. The van der Waals surface area contributed by atoms with Crippen molar-refractivity contribution in [1.29, 1.82) is 0 Å². The van der Waals surface area contributed by atoms with E-state index in [0.717, 1.165) is 32.5 Å². The van der Waals surface area contributed by atoms with E-state index in [9.17, 15) is 0 Å². The molecule has 0 spiro atoms. The van der Waals surface area contributed by atoms with Crippen molar-refractivity contribution in [2.75, 3.05) is 26.3 Å². The topological polar surface area (TPSA) is 32.7 Å². The maximum atomic E-state index is 8.77. The Kier molecular flexibility index (Phi) is 7.82. The van der Waals surface area contributed by atoms with Gasteiger partial charge in [0.15, 0.2) is 0 Å². The summed E-state index contributed by atoms with van der Waals surface area (Å²) in [5.41, 5.74) is 0. The Morgan fingerprint density at radius 1 is 1.24 bits per heavy atom. The average Bonchev–Trinajstić information content (AvgIpc) is 2.34. The van der Waals surface area contributed by atoms with Crippen molar-refractivity contribution in [1.82, 2.24) is 4.90 Å². The fourth-order valence-electron chi connectivity index (χ4n) is 2.38. The third-order valence-electron chi connectivity index (χ3n) is 3.55. The smallest absolute Gasteiger partial charge is 0.0702 e. The molecule has 0 aliphatic carbocycles. The summed E-state index contributed by atoms with van der Waals surface area (Å²) < 4.78 is 5.80. The van der Waals surface area contributed by atoms with E-state index in [1.807, 2.05) is 0 Å². The average molecular weight is 243 g/mol. The number of aliphatic hydroxyl groups excluding tert-OH is 1. The van der Waals surface area contributed by atoms with Gasteiger partial charge in [-0.25, -0.2) is 0 Å². The van der Waals surface area contributed by atoms with Crippen molar-refractivity contribution < 1.29 is 9.84 Å². The normalized spacial score (nSPS) is 21.4. The summed E-state index contributed by atoms with van der Waals surface area (Å²) in [6, 6.07) is 0.592. The minimum Gasteiger partial charge on any atom is -0.396 e. The summed E-state index contributed by atoms with van der Waals surface area (Å²) in [6.07, 6.45) is 7.47. The maximum absolute atomic E-state index is 8.77. The van der Waals surface area contributed by atoms with Crippen LogP contribution in [-0.4, -0.2) is 48.5 Å². The maximum Gasteiger partial charge on any atom is 0.0702 e. The van der Waals surface area contributed by atoms with Crippen molar-refractivity contribution in [3.8, 4) is 0 Å². The van der Waals surface area contributed by atoms with Crippen molar-refractivity contribution in [3.05, 3.63) is 0 Å². The Morgan fingerprint density at radius 2 is 2.06 bits per heavy atom. The second-order valence-corrected chi connectivity index (χ2v) is 5.36. The van der Waals surface area contributed by atoms with E-state index >= 15 is 0 Å². The van der Waals surface area contributed by atoms with Gasteiger partial charge in [-0.2, -0.15) is 0 Å². The van der Waals surface area contributed by atoms with Gasteiger partial charge in [-0.1, -0.05) is 0 Å². The van der Waals surface area contributed by atoms with Crippen LogP contribution in [0.25, 0.3) is 0 Å². The molecule has 0 amide bonds. The summed E-state index contributed by atoms with van der Waals surface area (Å²) in [5, 5.41) is 8.77. The first-order chi connectivity index (χ1) is 8.24. The van der Waals surface area contributed by atoms with Crippen molar-refractivity contribution in [3.63, 3.8) is 0 Å². The van der Waals surface area contributed by atoms with E-state index in [2.05, 4.69) is 18.7 Å². The molecule has 17 heavy (non-hydrogen) atoms. The lowest BCUT2D eigenvalue weighted by atomic mass is 10.1. The zero-order valence-corrected chi connectivity index (χ0v) is 11.5. The summed E-state index contributed by atoms with van der Waals surface area (Å²) in [5.74, 6) is 0. The molecule has 1 aliphatic heterocycles. The fraction of sp³-hybridized carbons (Fsp3) is 1.00. The van der Waals surface area contributed by atoms with Gasteiger partial charge in [-0.15, -0.1) is 0 Å². The van der Waals surface area contributed by atoms with Gasteiger partial charge in [0.05, 0.1) is 6.10 Å². The molecule has 1 unspecified atom stereocenters. The van der Waals surface area contributed by atoms with Gasteiger partial charge in [0.1, 0.15) is 0 Å². The van der Waals surface area contributed by atoms with Crippen LogP contribution in [0.3, 0.4) is 0 Å². The molecule has 1 heterocycles. The van der Waals surface area contributed by atoms with Crippen LogP contribution < -0.4 is 0 Å². The van der Waals surface area contributed by atoms with E-state index in [1.54, 1.807) is 0 Å². The second kappa shape index (κ2) is 8.90. The SMILES string of the molecule is CC(C)N(CCCCCO)CC1CCCCO1. The molecular weight excluding hydrogens is 214 g/mol. The van der Waals surface area contributed by atoms with E-state index in [1.165, 1.54) is 25.7 Å². The lowest BCUT2D eigenvalue weighted by Gasteiger charge is -2.32. The highest BCUT2D eigenvalue weighted by Gasteiger charge is 2.19. The van der Waals surface area contributed by atoms with E-state index in [-0.39, 0.29) is 0 Å². The predicted octanol–water partition coefficient (Wildman–Crippen LogP) is 2.43. The number of hydrogen-bond donors (Lipinski definition) is 1. The van der Waals surface area contributed by atoms with Gasteiger partial charge in [-0.3, -0.25) is 4.90 Å². The lowest BCUT2D eigenvalue weighted by Crippen LogP contribution is -2.40. The largest absolute Gasteiger partial charge is 0.396 e. The highest BCUT2D eigenvalue weighted by molar-refractivity contribution is 4.72. The molecule has 0 aromatic heterocycles. The molecule has 0 aromatic carbocycles. The standard InChI is InChI=1S/C14H29NO2/c1-13(2)15(9-5-3-6-10-16)12-14-8-4-7-11-17-14/h13-14,16H,3-12H2,1-2H3. The van der Waals surface area contributed by atoms with Crippen LogP contribution in [0.1, 0.15) is 52.4 Å². The third-order valence-corrected chi connectivity index (χ3v) is 3.55. The van der Waals surface area contributed by atoms with Gasteiger partial charge in [0.25, 0.3) is 0 Å². The molecule has 1 saturated heterocycles. The summed E-state index contributed by atoms with van der Waals surface area (Å²) in [7, 11) is 0. The van der Waals surface area contributed by atoms with Gasteiger partial charge >= 0.3 is 0 Å². The molecule has 0 radical (unpaired) electrons. The molecule has 3 nitrogen and oxygen atoms in total. The Labute approximate surface area is 106 Å². The Morgan fingerprint density at radius 3 is 2.65 bits per heavy atom. The van der Waals surface area contributed by atoms with Crippen molar-refractivity contribution in [2.45, 2.75) is 64.5 Å². The van der Waals surface area contributed by atoms with E-state index in [4.69, 9.17) is 9.84 Å². The zero-order valence-electron chi connectivity index (χ0n) is 11.5. The fourth-order valence-corrected chi connectivity index (χ4v) is 2.38. The first-order valence-electron chi connectivity index (χ1n) is 7.20. The van der Waals surface area contributed by atoms with Crippen LogP contribution >= 0.6 is 0 Å². The quantitative estimate of drug-likeness (QED) is 0.665. The molecule has 0 bridgehead atoms. The molecule has 0 saturated carbocycles. The molecule has 1 atom stereocenters. The number of rotatable bonds is 8. The van der Waals surface area contributed by atoms with Crippen LogP contribution in [0.15, 0.2) is 0 Å². The molecule has 102 valence electrons. The van der Waals surface area contributed by atoms with E-state index in [0.29, 0.717) is 18.8 Å². The zero-order chi connectivity index (χ0) is 12.5. The number of hydrogen-bond acceptors (Lipinski definition) is 3. The van der Waals surface area contributed by atoms with Crippen LogP contribution in [-0.2, 0) is 4.74 Å². The molecule has 1 aliphatic rings. The summed E-state index contributed by atoms with van der Waals surface area (Å²) >= 11 is 0. The minimum absolute atomic E-state index is 0.327. The molecule has 1 fully saturated rings. The molecule has 1 rings (SSSR count). The van der Waals surface area contributed by atoms with Gasteiger partial charge in [-0.05, 0) is 58.9 Å². The molecule has 3 heteroatoms. The Hall–Kier alpha value is -0.120. The van der Waals surface area contributed by atoms with Crippen LogP contribution in [0.4, 0.5) is 0 Å². The molecular formula is C14H29NO2. The van der Waals surface area contributed by atoms with Crippen molar-refractivity contribution in [2.24, 2.45) is 0 Å². The van der Waals surface area contributed by atoms with Crippen LogP contribution in [0, 0.1) is 0 Å². The number of aliphatic hydroxyl groups is 1. The molecule has 0 aromatic rings. The number of ether oxygens (including phenoxy) is 1. The van der Waals surface area contributed by atoms with E-state index < -0.39 is 0 Å². The highest BCUT2D eigenvalue weighted by Crippen LogP contribution is 2.15. The number of unbranched alkanes of at least 4 members (excludes halogenated alkanes) is 2. The van der Waals surface area contributed by atoms with Gasteiger partial charge in [0.2, 0.25) is 0 Å². The highest BCUT2D eigenvalue weighted by atomic mass is 16.5. The minimum atomic E-state index is 0.327. The molecule has 1 N–H and O–H groups in total. The lowest BCUT2D eigenvalue weighted by molar-refractivity contribution is -0.0114. The number of nitrogens with zero attached hydrogens (tertiary/aromatic N) is 1.